The fraction of sp³-hybridized carbons (Fsp3) is 0.538. The van der Waals surface area contributed by atoms with Crippen LogP contribution in [-0.2, 0) is 11.3 Å². The first-order valence-electron chi connectivity index (χ1n) is 6.28. The first-order chi connectivity index (χ1) is 9.11. The SMILES string of the molecule is COc1ccc([N+](=O)[O-])cc1CNC1CCOC1C. The van der Waals surface area contributed by atoms with E-state index in [0.717, 1.165) is 18.6 Å². The Hall–Kier alpha value is -1.66. The van der Waals surface area contributed by atoms with Crippen LogP contribution in [0.2, 0.25) is 0 Å². The normalized spacial score (nSPS) is 22.4. The first-order valence-corrected chi connectivity index (χ1v) is 6.28. The molecule has 1 aliphatic rings. The molecule has 2 unspecified atom stereocenters. The molecule has 6 heteroatoms. The van der Waals surface area contributed by atoms with Crippen molar-refractivity contribution in [1.82, 2.24) is 5.32 Å². The van der Waals surface area contributed by atoms with Crippen molar-refractivity contribution in [3.05, 3.63) is 33.9 Å². The third-order valence-electron chi connectivity index (χ3n) is 3.41. The molecular formula is C13H18N2O4. The monoisotopic (exact) mass is 266 g/mol. The Balaban J connectivity index is 2.09. The Morgan fingerprint density at radius 3 is 2.95 bits per heavy atom. The van der Waals surface area contributed by atoms with E-state index < -0.39 is 4.92 Å². The lowest BCUT2D eigenvalue weighted by Gasteiger charge is -2.17. The van der Waals surface area contributed by atoms with Crippen molar-refractivity contribution in [2.45, 2.75) is 32.0 Å². The molecule has 0 aromatic heterocycles. The zero-order valence-electron chi connectivity index (χ0n) is 11.1. The van der Waals surface area contributed by atoms with Gasteiger partial charge in [0.15, 0.2) is 0 Å². The summed E-state index contributed by atoms with van der Waals surface area (Å²) < 4.78 is 10.7. The van der Waals surface area contributed by atoms with Crippen molar-refractivity contribution in [2.24, 2.45) is 0 Å². The van der Waals surface area contributed by atoms with Gasteiger partial charge in [-0.15, -0.1) is 0 Å². The van der Waals surface area contributed by atoms with Crippen molar-refractivity contribution in [1.29, 1.82) is 0 Å². The summed E-state index contributed by atoms with van der Waals surface area (Å²) in [7, 11) is 1.56. The number of hydrogen-bond donors (Lipinski definition) is 1. The second kappa shape index (κ2) is 5.99. The predicted molar refractivity (Wildman–Crippen MR) is 70.3 cm³/mol. The van der Waals surface area contributed by atoms with Gasteiger partial charge in [-0.1, -0.05) is 0 Å². The number of hydrogen-bond acceptors (Lipinski definition) is 5. The smallest absolute Gasteiger partial charge is 0.270 e. The third-order valence-corrected chi connectivity index (χ3v) is 3.41. The maximum atomic E-state index is 10.8. The molecule has 0 aliphatic carbocycles. The van der Waals surface area contributed by atoms with Crippen LogP contribution in [0.3, 0.4) is 0 Å². The van der Waals surface area contributed by atoms with Gasteiger partial charge in [-0.3, -0.25) is 10.1 Å². The molecule has 1 fully saturated rings. The van der Waals surface area contributed by atoms with Crippen LogP contribution in [-0.4, -0.2) is 30.8 Å². The van der Waals surface area contributed by atoms with Crippen LogP contribution in [0.15, 0.2) is 18.2 Å². The molecule has 1 N–H and O–H groups in total. The van der Waals surface area contributed by atoms with Crippen LogP contribution < -0.4 is 10.1 Å². The number of nitrogens with zero attached hydrogens (tertiary/aromatic N) is 1. The zero-order valence-corrected chi connectivity index (χ0v) is 11.1. The van der Waals surface area contributed by atoms with E-state index in [4.69, 9.17) is 9.47 Å². The molecule has 1 aromatic carbocycles. The van der Waals surface area contributed by atoms with E-state index in [0.29, 0.717) is 12.3 Å². The van der Waals surface area contributed by atoms with E-state index in [-0.39, 0.29) is 17.8 Å². The number of non-ortho nitro benzene ring substituents is 1. The molecule has 1 aliphatic heterocycles. The molecule has 2 atom stereocenters. The average Bonchev–Trinajstić information content (AvgIpc) is 2.81. The first kappa shape index (κ1) is 13.8. The number of ether oxygens (including phenoxy) is 2. The van der Waals surface area contributed by atoms with Crippen molar-refractivity contribution >= 4 is 5.69 Å². The summed E-state index contributed by atoms with van der Waals surface area (Å²) in [4.78, 5) is 10.4. The summed E-state index contributed by atoms with van der Waals surface area (Å²) in [5.41, 5.74) is 0.865. The number of methoxy groups -OCH3 is 1. The summed E-state index contributed by atoms with van der Waals surface area (Å²) in [6.07, 6.45) is 1.13. The Morgan fingerprint density at radius 1 is 1.58 bits per heavy atom. The maximum absolute atomic E-state index is 10.8. The molecule has 1 aromatic rings. The summed E-state index contributed by atoms with van der Waals surface area (Å²) >= 11 is 0. The van der Waals surface area contributed by atoms with E-state index in [1.165, 1.54) is 6.07 Å². The van der Waals surface area contributed by atoms with E-state index in [9.17, 15) is 10.1 Å². The van der Waals surface area contributed by atoms with Gasteiger partial charge in [0, 0.05) is 36.9 Å². The lowest BCUT2D eigenvalue weighted by Crippen LogP contribution is -2.34. The second-order valence-electron chi connectivity index (χ2n) is 4.61. The molecule has 0 amide bonds. The fourth-order valence-electron chi connectivity index (χ4n) is 2.26. The number of benzene rings is 1. The predicted octanol–water partition coefficient (Wildman–Crippen LogP) is 1.87. The highest BCUT2D eigenvalue weighted by Gasteiger charge is 2.24. The fourth-order valence-corrected chi connectivity index (χ4v) is 2.26. The summed E-state index contributed by atoms with van der Waals surface area (Å²) in [5.74, 6) is 0.657. The number of rotatable bonds is 5. The van der Waals surface area contributed by atoms with Crippen LogP contribution in [0.1, 0.15) is 18.9 Å². The molecule has 19 heavy (non-hydrogen) atoms. The molecule has 104 valence electrons. The number of nitrogens with one attached hydrogen (secondary N) is 1. The zero-order chi connectivity index (χ0) is 13.8. The van der Waals surface area contributed by atoms with Gasteiger partial charge in [-0.2, -0.15) is 0 Å². The molecule has 2 rings (SSSR count). The van der Waals surface area contributed by atoms with Gasteiger partial charge >= 0.3 is 0 Å². The average molecular weight is 266 g/mol. The molecule has 1 saturated heterocycles. The summed E-state index contributed by atoms with van der Waals surface area (Å²) in [6, 6.07) is 4.91. The number of nitro groups is 1. The highest BCUT2D eigenvalue weighted by molar-refractivity contribution is 5.43. The summed E-state index contributed by atoms with van der Waals surface area (Å²) in [6.45, 7) is 3.31. The van der Waals surface area contributed by atoms with Gasteiger partial charge in [-0.25, -0.2) is 0 Å². The maximum Gasteiger partial charge on any atom is 0.270 e. The van der Waals surface area contributed by atoms with Gasteiger partial charge in [0.05, 0.1) is 18.1 Å². The van der Waals surface area contributed by atoms with Gasteiger partial charge in [-0.05, 0) is 19.4 Å². The van der Waals surface area contributed by atoms with Crippen LogP contribution in [0.25, 0.3) is 0 Å². The topological polar surface area (TPSA) is 73.6 Å². The molecule has 0 radical (unpaired) electrons. The molecule has 0 saturated carbocycles. The van der Waals surface area contributed by atoms with Crippen LogP contribution >= 0.6 is 0 Å². The lowest BCUT2D eigenvalue weighted by atomic mass is 10.1. The van der Waals surface area contributed by atoms with Crippen molar-refractivity contribution in [3.63, 3.8) is 0 Å². The van der Waals surface area contributed by atoms with Gasteiger partial charge < -0.3 is 14.8 Å². The molecule has 1 heterocycles. The van der Waals surface area contributed by atoms with Crippen LogP contribution in [0.4, 0.5) is 5.69 Å². The minimum Gasteiger partial charge on any atom is -0.496 e. The Morgan fingerprint density at radius 2 is 2.37 bits per heavy atom. The Bertz CT molecular complexity index is 464. The van der Waals surface area contributed by atoms with E-state index in [1.54, 1.807) is 19.2 Å². The lowest BCUT2D eigenvalue weighted by molar-refractivity contribution is -0.384. The molecule has 0 spiro atoms. The quantitative estimate of drug-likeness (QED) is 0.650. The third kappa shape index (κ3) is 3.21. The van der Waals surface area contributed by atoms with Gasteiger partial charge in [0.1, 0.15) is 5.75 Å². The number of nitro benzene ring substituents is 1. The van der Waals surface area contributed by atoms with Crippen molar-refractivity contribution in [3.8, 4) is 5.75 Å². The van der Waals surface area contributed by atoms with E-state index >= 15 is 0 Å². The van der Waals surface area contributed by atoms with Gasteiger partial charge in [0.2, 0.25) is 0 Å². The minimum atomic E-state index is -0.399. The minimum absolute atomic E-state index is 0.0771. The van der Waals surface area contributed by atoms with Crippen LogP contribution in [0, 0.1) is 10.1 Å². The Kier molecular flexibility index (Phi) is 4.34. The molecule has 0 bridgehead atoms. The highest BCUT2D eigenvalue weighted by atomic mass is 16.6. The molecular weight excluding hydrogens is 248 g/mol. The second-order valence-corrected chi connectivity index (χ2v) is 4.61. The van der Waals surface area contributed by atoms with Crippen LogP contribution in [0.5, 0.6) is 5.75 Å². The largest absolute Gasteiger partial charge is 0.496 e. The van der Waals surface area contributed by atoms with Gasteiger partial charge in [0.25, 0.3) is 5.69 Å². The Labute approximate surface area is 111 Å². The van der Waals surface area contributed by atoms with Crippen molar-refractivity contribution in [2.75, 3.05) is 13.7 Å². The standard InChI is InChI=1S/C13H18N2O4/c1-9-12(5-6-19-9)14-8-10-7-11(15(16)17)3-4-13(10)18-2/h3-4,7,9,12,14H,5-6,8H2,1-2H3. The van der Waals surface area contributed by atoms with Crippen molar-refractivity contribution < 1.29 is 14.4 Å². The molecule has 6 nitrogen and oxygen atoms in total. The summed E-state index contributed by atoms with van der Waals surface area (Å²) in [5, 5.41) is 14.2. The van der Waals surface area contributed by atoms with E-state index in [2.05, 4.69) is 5.32 Å². The van der Waals surface area contributed by atoms with E-state index in [1.807, 2.05) is 6.92 Å². The highest BCUT2D eigenvalue weighted by Crippen LogP contribution is 2.24.